The summed E-state index contributed by atoms with van der Waals surface area (Å²) in [5.41, 5.74) is -4.82. The smallest absolute Gasteiger partial charge is 0.415 e. The number of methoxy groups -OCH3 is 1. The van der Waals surface area contributed by atoms with E-state index in [-0.39, 0.29) is 11.3 Å². The number of rotatable bonds is 3. The molecule has 0 saturated carbocycles. The molecule has 1 aliphatic rings. The van der Waals surface area contributed by atoms with Crippen LogP contribution in [0.2, 0.25) is 0 Å². The number of carbonyl (C=O) groups excluding carboxylic acids is 1. The van der Waals surface area contributed by atoms with E-state index in [4.69, 9.17) is 0 Å². The van der Waals surface area contributed by atoms with Crippen LogP contribution in [0.1, 0.15) is 16.8 Å². The maximum atomic E-state index is 13.6. The van der Waals surface area contributed by atoms with Crippen LogP contribution in [0.4, 0.5) is 32.0 Å². The molecule has 25 heavy (non-hydrogen) atoms. The van der Waals surface area contributed by atoms with Crippen molar-refractivity contribution in [2.75, 3.05) is 12.4 Å². The van der Waals surface area contributed by atoms with Crippen LogP contribution in [-0.4, -0.2) is 31.0 Å². The second-order valence-corrected chi connectivity index (χ2v) is 5.36. The van der Waals surface area contributed by atoms with E-state index < -0.39 is 35.9 Å². The monoisotopic (exact) mass is 365 g/mol. The van der Waals surface area contributed by atoms with Crippen molar-refractivity contribution in [1.29, 1.82) is 0 Å². The van der Waals surface area contributed by atoms with Crippen molar-refractivity contribution in [2.24, 2.45) is 0 Å². The average Bonchev–Trinajstić information content (AvgIpc) is 2.53. The third-order valence-corrected chi connectivity index (χ3v) is 3.71. The van der Waals surface area contributed by atoms with E-state index >= 15 is 0 Å². The lowest BCUT2D eigenvalue weighted by atomic mass is 9.84. The minimum absolute atomic E-state index is 0.217. The van der Waals surface area contributed by atoms with Gasteiger partial charge in [-0.2, -0.15) is 26.3 Å². The highest BCUT2D eigenvalue weighted by Gasteiger charge is 2.56. The summed E-state index contributed by atoms with van der Waals surface area (Å²) in [6.07, 6.45) is -9.39. The molecule has 0 spiro atoms. The van der Waals surface area contributed by atoms with E-state index in [0.717, 1.165) is 7.11 Å². The molecule has 1 aromatic carbocycles. The first kappa shape index (κ1) is 18.9. The van der Waals surface area contributed by atoms with Gasteiger partial charge >= 0.3 is 18.3 Å². The van der Waals surface area contributed by atoms with E-state index in [1.54, 1.807) is 0 Å². The average molecular weight is 365 g/mol. The van der Waals surface area contributed by atoms with Gasteiger partial charge < -0.3 is 10.1 Å². The normalized spacial score (nSPS) is 20.8. The number of halogens is 6. The van der Waals surface area contributed by atoms with Crippen LogP contribution in [0.5, 0.6) is 0 Å². The largest absolute Gasteiger partial charge is 0.465 e. The summed E-state index contributed by atoms with van der Waals surface area (Å²) in [6.45, 7) is 0. The van der Waals surface area contributed by atoms with Crippen LogP contribution in [0.15, 0.2) is 48.1 Å². The molecule has 0 amide bonds. The Morgan fingerprint density at radius 3 is 2.36 bits per heavy atom. The number of hydrogen-bond donors (Lipinski definition) is 1. The van der Waals surface area contributed by atoms with Crippen LogP contribution in [-0.2, 0) is 4.74 Å². The van der Waals surface area contributed by atoms with E-state index in [1.807, 2.05) is 0 Å². The summed E-state index contributed by atoms with van der Waals surface area (Å²) in [5, 5.41) is 2.07. The highest BCUT2D eigenvalue weighted by atomic mass is 19.4. The van der Waals surface area contributed by atoms with Crippen molar-refractivity contribution in [3.63, 3.8) is 0 Å². The number of para-hydroxylation sites is 1. The molecule has 0 radical (unpaired) electrons. The fourth-order valence-electron chi connectivity index (χ4n) is 2.41. The van der Waals surface area contributed by atoms with E-state index in [1.165, 1.54) is 24.3 Å². The lowest BCUT2D eigenvalue weighted by molar-refractivity contribution is -0.169. The molecule has 0 aromatic heterocycles. The molecule has 1 aromatic rings. The quantitative estimate of drug-likeness (QED) is 0.627. The Morgan fingerprint density at radius 1 is 1.16 bits per heavy atom. The van der Waals surface area contributed by atoms with Gasteiger partial charge in [-0.25, -0.2) is 4.79 Å². The molecule has 0 aliphatic heterocycles. The first-order valence-electron chi connectivity index (χ1n) is 6.98. The summed E-state index contributed by atoms with van der Waals surface area (Å²) in [6, 6.07) is 5.13. The standard InChI is InChI=1S/C16H13F6NO2/c1-25-13(24)11-6-2-3-7-12(11)23-14(16(20,21)22)8-4-5-10(9-14)15(17,18)19/h2-8,23H,9H2,1H3. The SMILES string of the molecule is COC(=O)c1ccccc1NC1(C(F)(F)F)C=CC=C(C(F)(F)F)C1. The molecule has 1 unspecified atom stereocenters. The van der Waals surface area contributed by atoms with Gasteiger partial charge in [0.1, 0.15) is 0 Å². The van der Waals surface area contributed by atoms with Crippen molar-refractivity contribution in [3.05, 3.63) is 53.6 Å². The van der Waals surface area contributed by atoms with Crippen molar-refractivity contribution in [3.8, 4) is 0 Å². The first-order chi connectivity index (χ1) is 11.5. The van der Waals surface area contributed by atoms with E-state index in [0.29, 0.717) is 18.2 Å². The fourth-order valence-corrected chi connectivity index (χ4v) is 2.41. The molecule has 1 N–H and O–H groups in total. The second-order valence-electron chi connectivity index (χ2n) is 5.36. The summed E-state index contributed by atoms with van der Waals surface area (Å²) >= 11 is 0. The van der Waals surface area contributed by atoms with Gasteiger partial charge in [0.25, 0.3) is 0 Å². The predicted octanol–water partition coefficient (Wildman–Crippen LogP) is 4.63. The maximum absolute atomic E-state index is 13.6. The third-order valence-electron chi connectivity index (χ3n) is 3.71. The molecule has 136 valence electrons. The maximum Gasteiger partial charge on any atom is 0.415 e. The predicted molar refractivity (Wildman–Crippen MR) is 78.1 cm³/mol. The molecule has 0 heterocycles. The fraction of sp³-hybridized carbons (Fsp3) is 0.312. The number of ether oxygens (including phenoxy) is 1. The van der Waals surface area contributed by atoms with Crippen molar-refractivity contribution >= 4 is 11.7 Å². The Balaban J connectivity index is 2.48. The molecule has 2 rings (SSSR count). The van der Waals surface area contributed by atoms with Crippen LogP contribution in [0.25, 0.3) is 0 Å². The van der Waals surface area contributed by atoms with Crippen LogP contribution in [0, 0.1) is 0 Å². The highest BCUT2D eigenvalue weighted by molar-refractivity contribution is 5.95. The Labute approximate surface area is 139 Å². The van der Waals surface area contributed by atoms with E-state index in [2.05, 4.69) is 10.1 Å². The van der Waals surface area contributed by atoms with Gasteiger partial charge in [-0.3, -0.25) is 0 Å². The van der Waals surface area contributed by atoms with Gasteiger partial charge in [-0.05, 0) is 18.2 Å². The zero-order valence-electron chi connectivity index (χ0n) is 12.8. The van der Waals surface area contributed by atoms with Gasteiger partial charge in [0.05, 0.1) is 12.7 Å². The minimum Gasteiger partial charge on any atom is -0.465 e. The Hall–Kier alpha value is -2.45. The molecule has 9 heteroatoms. The van der Waals surface area contributed by atoms with Crippen LogP contribution in [0.3, 0.4) is 0 Å². The number of carbonyl (C=O) groups is 1. The molecule has 1 atom stereocenters. The van der Waals surface area contributed by atoms with Crippen molar-refractivity contribution in [1.82, 2.24) is 0 Å². The molecule has 0 saturated heterocycles. The highest BCUT2D eigenvalue weighted by Crippen LogP contribution is 2.45. The zero-order chi connectivity index (χ0) is 18.9. The Kier molecular flexibility index (Phi) is 4.87. The van der Waals surface area contributed by atoms with Gasteiger partial charge in [0.2, 0.25) is 0 Å². The summed E-state index contributed by atoms with van der Waals surface area (Å²) in [4.78, 5) is 11.7. The van der Waals surface area contributed by atoms with Gasteiger partial charge in [0, 0.05) is 17.7 Å². The molecule has 0 fully saturated rings. The molecule has 1 aliphatic carbocycles. The topological polar surface area (TPSA) is 38.3 Å². The Morgan fingerprint density at radius 2 is 1.80 bits per heavy atom. The van der Waals surface area contributed by atoms with Crippen LogP contribution >= 0.6 is 0 Å². The molecular formula is C16H13F6NO2. The number of nitrogens with one attached hydrogen (secondary N) is 1. The third kappa shape index (κ3) is 3.80. The number of hydrogen-bond acceptors (Lipinski definition) is 3. The first-order valence-corrected chi connectivity index (χ1v) is 6.98. The number of esters is 1. The number of alkyl halides is 6. The number of anilines is 1. The summed E-state index contributed by atoms with van der Waals surface area (Å²) in [7, 11) is 1.05. The Bertz CT molecular complexity index is 720. The zero-order valence-corrected chi connectivity index (χ0v) is 12.8. The van der Waals surface area contributed by atoms with E-state index in [9.17, 15) is 31.1 Å². The van der Waals surface area contributed by atoms with Crippen molar-refractivity contribution in [2.45, 2.75) is 24.3 Å². The summed E-state index contributed by atoms with van der Waals surface area (Å²) < 4.78 is 84.1. The lowest BCUT2D eigenvalue weighted by Gasteiger charge is -2.38. The lowest BCUT2D eigenvalue weighted by Crippen LogP contribution is -2.52. The molecule has 0 bridgehead atoms. The number of benzene rings is 1. The second kappa shape index (κ2) is 6.45. The minimum atomic E-state index is -5.04. The van der Waals surface area contributed by atoms with Crippen LogP contribution < -0.4 is 5.32 Å². The van der Waals surface area contributed by atoms with Gasteiger partial charge in [0.15, 0.2) is 5.54 Å². The van der Waals surface area contributed by atoms with Gasteiger partial charge in [-0.15, -0.1) is 0 Å². The van der Waals surface area contributed by atoms with Gasteiger partial charge in [-0.1, -0.05) is 24.3 Å². The van der Waals surface area contributed by atoms with Crippen molar-refractivity contribution < 1.29 is 35.9 Å². The molecular weight excluding hydrogens is 352 g/mol. The molecule has 3 nitrogen and oxygen atoms in total. The summed E-state index contributed by atoms with van der Waals surface area (Å²) in [5.74, 6) is -0.910. The number of allylic oxidation sites excluding steroid dienone is 2.